The van der Waals surface area contributed by atoms with Crippen molar-refractivity contribution < 1.29 is 19.3 Å². The van der Waals surface area contributed by atoms with Crippen LogP contribution in [0.2, 0.25) is 0 Å². The number of nitrogens with zero attached hydrogens (tertiary/aromatic N) is 3. The molecule has 0 saturated carbocycles. The average Bonchev–Trinajstić information content (AvgIpc) is 2.63. The van der Waals surface area contributed by atoms with Crippen LogP contribution in [-0.2, 0) is 19.3 Å². The molecule has 0 radical (unpaired) electrons. The number of benzene rings is 1. The van der Waals surface area contributed by atoms with Crippen molar-refractivity contribution >= 4 is 23.0 Å². The Balaban J connectivity index is 3.17. The molecule has 0 saturated heterocycles. The molecule has 0 heterocycles. The van der Waals surface area contributed by atoms with Crippen LogP contribution in [-0.4, -0.2) is 50.4 Å². The van der Waals surface area contributed by atoms with Crippen molar-refractivity contribution in [2.75, 3.05) is 21.3 Å². The molecule has 0 bridgehead atoms. The minimum atomic E-state index is -0.362. The molecule has 1 unspecified atom stereocenters. The maximum absolute atomic E-state index is 12.1. The normalized spacial score (nSPS) is 13.9. The largest absolute Gasteiger partial charge is 0.399 e. The van der Waals surface area contributed by atoms with Gasteiger partial charge in [-0.3, -0.25) is 4.79 Å². The molecule has 1 aromatic rings. The van der Waals surface area contributed by atoms with Gasteiger partial charge in [0, 0.05) is 18.2 Å². The molecule has 0 aliphatic rings. The molecule has 8 heteroatoms. The summed E-state index contributed by atoms with van der Waals surface area (Å²) in [6.45, 7) is 5.37. The Morgan fingerprint density at radius 1 is 1.04 bits per heavy atom. The quantitative estimate of drug-likeness (QED) is 0.574. The number of amides is 1. The molecule has 1 aromatic carbocycles. The number of likely N-dealkylation sites (N-methyl/N-ethyl adjacent to an activating group) is 1. The first-order valence-electron chi connectivity index (χ1n) is 7.67. The standard InChI is InChI=1S/C17H24N4O4/c1-11(19-23-5)13(3)25-20-12(2)14-9-7-8-10-15(14)16(21-24-6)17(22)18-4/h7-10,13H,1-6H3,(H,18,22)/b19-11-,20-12-,21-16-. The summed E-state index contributed by atoms with van der Waals surface area (Å²) in [5.74, 6) is -0.362. The number of oxime groups is 3. The molecule has 136 valence electrons. The van der Waals surface area contributed by atoms with E-state index in [-0.39, 0.29) is 17.7 Å². The van der Waals surface area contributed by atoms with Crippen LogP contribution in [0.25, 0.3) is 0 Å². The number of hydrogen-bond acceptors (Lipinski definition) is 7. The van der Waals surface area contributed by atoms with Gasteiger partial charge >= 0.3 is 0 Å². The third kappa shape index (κ3) is 5.59. The predicted molar refractivity (Wildman–Crippen MR) is 96.9 cm³/mol. The van der Waals surface area contributed by atoms with Gasteiger partial charge in [0.1, 0.15) is 14.2 Å². The van der Waals surface area contributed by atoms with Gasteiger partial charge in [-0.25, -0.2) is 0 Å². The number of carbonyl (C=O) groups is 1. The monoisotopic (exact) mass is 348 g/mol. The minimum Gasteiger partial charge on any atom is -0.399 e. The topological polar surface area (TPSA) is 93.9 Å². The van der Waals surface area contributed by atoms with Crippen LogP contribution in [0.3, 0.4) is 0 Å². The third-order valence-electron chi connectivity index (χ3n) is 3.37. The van der Waals surface area contributed by atoms with E-state index in [0.717, 1.165) is 0 Å². The maximum Gasteiger partial charge on any atom is 0.273 e. The summed E-state index contributed by atoms with van der Waals surface area (Å²) in [6.07, 6.45) is -0.354. The number of carbonyl (C=O) groups excluding carboxylic acids is 1. The van der Waals surface area contributed by atoms with Gasteiger partial charge in [-0.05, 0) is 20.8 Å². The summed E-state index contributed by atoms with van der Waals surface area (Å²) >= 11 is 0. The van der Waals surface area contributed by atoms with Crippen molar-refractivity contribution in [1.29, 1.82) is 0 Å². The summed E-state index contributed by atoms with van der Waals surface area (Å²) in [5, 5.41) is 14.3. The zero-order valence-corrected chi connectivity index (χ0v) is 15.4. The molecule has 1 amide bonds. The van der Waals surface area contributed by atoms with Gasteiger partial charge in [0.2, 0.25) is 0 Å². The first-order valence-corrected chi connectivity index (χ1v) is 7.67. The Morgan fingerprint density at radius 2 is 1.64 bits per heavy atom. The lowest BCUT2D eigenvalue weighted by atomic mass is 9.99. The van der Waals surface area contributed by atoms with Gasteiger partial charge in [-0.1, -0.05) is 39.7 Å². The van der Waals surface area contributed by atoms with E-state index in [2.05, 4.69) is 20.8 Å². The smallest absolute Gasteiger partial charge is 0.273 e. The van der Waals surface area contributed by atoms with Crippen LogP contribution in [0.4, 0.5) is 0 Å². The second kappa shape index (κ2) is 10.1. The van der Waals surface area contributed by atoms with E-state index in [0.29, 0.717) is 22.6 Å². The molecule has 0 aliphatic carbocycles. The Hall–Kier alpha value is -2.90. The molecule has 0 spiro atoms. The molecular formula is C17H24N4O4. The summed E-state index contributed by atoms with van der Waals surface area (Å²) < 4.78 is 0. The highest BCUT2D eigenvalue weighted by Crippen LogP contribution is 2.13. The SMILES string of the molecule is CNC(=O)/C(=N\OC)c1ccccc1/C(C)=N\OC(C)/C(C)=N\OC. The van der Waals surface area contributed by atoms with Crippen LogP contribution in [0.15, 0.2) is 39.7 Å². The van der Waals surface area contributed by atoms with Gasteiger partial charge in [0.15, 0.2) is 11.8 Å². The summed E-state index contributed by atoms with van der Waals surface area (Å²) in [5.41, 5.74) is 2.68. The molecule has 1 N–H and O–H groups in total. The Morgan fingerprint density at radius 3 is 2.20 bits per heavy atom. The van der Waals surface area contributed by atoms with E-state index in [1.807, 2.05) is 19.1 Å². The van der Waals surface area contributed by atoms with Crippen LogP contribution >= 0.6 is 0 Å². The zero-order valence-electron chi connectivity index (χ0n) is 15.4. The lowest BCUT2D eigenvalue weighted by Crippen LogP contribution is -2.29. The highest BCUT2D eigenvalue weighted by molar-refractivity contribution is 6.46. The van der Waals surface area contributed by atoms with E-state index < -0.39 is 0 Å². The molecule has 1 atom stereocenters. The van der Waals surface area contributed by atoms with Crippen LogP contribution in [0.1, 0.15) is 31.9 Å². The molecule has 0 aliphatic heterocycles. The lowest BCUT2D eigenvalue weighted by Gasteiger charge is -2.12. The number of rotatable bonds is 8. The first kappa shape index (κ1) is 20.1. The fourth-order valence-corrected chi connectivity index (χ4v) is 1.93. The third-order valence-corrected chi connectivity index (χ3v) is 3.37. The summed E-state index contributed by atoms with van der Waals surface area (Å²) in [7, 11) is 4.38. The Labute approximate surface area is 147 Å². The van der Waals surface area contributed by atoms with Crippen LogP contribution in [0.5, 0.6) is 0 Å². The van der Waals surface area contributed by atoms with Crippen LogP contribution in [0, 0.1) is 0 Å². The fraction of sp³-hybridized carbons (Fsp3) is 0.412. The Bertz CT molecular complexity index is 683. The highest BCUT2D eigenvalue weighted by Gasteiger charge is 2.19. The van der Waals surface area contributed by atoms with Gasteiger partial charge < -0.3 is 19.8 Å². The number of nitrogens with one attached hydrogen (secondary N) is 1. The van der Waals surface area contributed by atoms with Crippen molar-refractivity contribution in [3.63, 3.8) is 0 Å². The van der Waals surface area contributed by atoms with Crippen molar-refractivity contribution in [2.24, 2.45) is 15.5 Å². The number of hydrogen-bond donors (Lipinski definition) is 1. The van der Waals surface area contributed by atoms with Gasteiger partial charge in [-0.15, -0.1) is 0 Å². The molecule has 0 aromatic heterocycles. The fourth-order valence-electron chi connectivity index (χ4n) is 1.93. The van der Waals surface area contributed by atoms with E-state index in [1.165, 1.54) is 21.3 Å². The second-order valence-corrected chi connectivity index (χ2v) is 5.09. The molecule has 25 heavy (non-hydrogen) atoms. The van der Waals surface area contributed by atoms with E-state index >= 15 is 0 Å². The maximum atomic E-state index is 12.1. The van der Waals surface area contributed by atoms with Crippen molar-refractivity contribution in [2.45, 2.75) is 26.9 Å². The van der Waals surface area contributed by atoms with Crippen molar-refractivity contribution in [3.05, 3.63) is 35.4 Å². The minimum absolute atomic E-state index is 0.153. The molecular weight excluding hydrogens is 324 g/mol. The van der Waals surface area contributed by atoms with Gasteiger partial charge in [0.05, 0.1) is 11.4 Å². The van der Waals surface area contributed by atoms with Gasteiger partial charge in [0.25, 0.3) is 5.91 Å². The van der Waals surface area contributed by atoms with Crippen molar-refractivity contribution in [1.82, 2.24) is 5.32 Å². The predicted octanol–water partition coefficient (Wildman–Crippen LogP) is 1.93. The molecule has 8 nitrogen and oxygen atoms in total. The lowest BCUT2D eigenvalue weighted by molar-refractivity contribution is -0.114. The molecule has 1 rings (SSSR count). The van der Waals surface area contributed by atoms with Crippen LogP contribution < -0.4 is 5.32 Å². The Kier molecular flexibility index (Phi) is 8.11. The average molecular weight is 348 g/mol. The highest BCUT2D eigenvalue weighted by atomic mass is 16.6. The van der Waals surface area contributed by atoms with E-state index in [9.17, 15) is 4.79 Å². The zero-order chi connectivity index (χ0) is 18.8. The first-order chi connectivity index (χ1) is 12.0. The van der Waals surface area contributed by atoms with Crippen molar-refractivity contribution in [3.8, 4) is 0 Å². The summed E-state index contributed by atoms with van der Waals surface area (Å²) in [4.78, 5) is 27.1. The second-order valence-electron chi connectivity index (χ2n) is 5.09. The van der Waals surface area contributed by atoms with E-state index in [1.54, 1.807) is 26.0 Å². The molecule has 0 fully saturated rings. The van der Waals surface area contributed by atoms with E-state index in [4.69, 9.17) is 14.5 Å². The summed E-state index contributed by atoms with van der Waals surface area (Å²) in [6, 6.07) is 7.24. The van der Waals surface area contributed by atoms with Gasteiger partial charge in [-0.2, -0.15) is 0 Å².